The first kappa shape index (κ1) is 9.25. The number of nitrogens with zero attached hydrogens (tertiary/aromatic N) is 2. The Bertz CT molecular complexity index is 304. The molecule has 0 aliphatic carbocycles. The molecule has 0 aliphatic heterocycles. The van der Waals surface area contributed by atoms with Gasteiger partial charge in [0, 0.05) is 0 Å². The summed E-state index contributed by atoms with van der Waals surface area (Å²) in [4.78, 5) is 4.28. The van der Waals surface area contributed by atoms with Crippen molar-refractivity contribution in [1.29, 1.82) is 0 Å². The Morgan fingerprint density at radius 1 is 1.15 bits per heavy atom. The van der Waals surface area contributed by atoms with E-state index >= 15 is 0 Å². The van der Waals surface area contributed by atoms with Gasteiger partial charge in [-0.05, 0) is 11.1 Å². The minimum atomic E-state index is 0.815. The van der Waals surface area contributed by atoms with E-state index < -0.39 is 0 Å². The van der Waals surface area contributed by atoms with Crippen molar-refractivity contribution in [3.05, 3.63) is 42.5 Å². The van der Waals surface area contributed by atoms with Gasteiger partial charge in [0.05, 0.1) is 12.4 Å². The maximum absolute atomic E-state index is 8.25. The van der Waals surface area contributed by atoms with Crippen LogP contribution in [0.2, 0.25) is 0 Å². The van der Waals surface area contributed by atoms with Gasteiger partial charge in [0.15, 0.2) is 7.11 Å². The molecule has 0 amide bonds. The fraction of sp³-hybridized carbons (Fsp3) is 0. The standard InChI is InChI=1S/C9H9N2O2/c1-13-11-7-9-4-2-8(3-5-9)6-10-12/h2-7,12H,1H2/b10-6+,11-7+. The molecule has 0 fully saturated rings. The Hall–Kier alpha value is -1.84. The van der Waals surface area contributed by atoms with Crippen LogP contribution in [0.5, 0.6) is 0 Å². The van der Waals surface area contributed by atoms with Gasteiger partial charge in [-0.3, -0.25) is 0 Å². The van der Waals surface area contributed by atoms with Crippen molar-refractivity contribution in [3.63, 3.8) is 0 Å². The number of hydrogen-bond acceptors (Lipinski definition) is 4. The molecule has 0 bridgehead atoms. The Morgan fingerprint density at radius 2 is 1.69 bits per heavy atom. The number of hydrogen-bond donors (Lipinski definition) is 1. The molecule has 1 rings (SSSR count). The molecule has 0 aliphatic rings. The molecule has 0 aromatic heterocycles. The van der Waals surface area contributed by atoms with Gasteiger partial charge in [0.1, 0.15) is 0 Å². The second-order valence-corrected chi connectivity index (χ2v) is 2.27. The zero-order valence-corrected chi connectivity index (χ0v) is 6.92. The minimum Gasteiger partial charge on any atom is -0.411 e. The van der Waals surface area contributed by atoms with E-state index in [1.807, 2.05) is 12.1 Å². The van der Waals surface area contributed by atoms with Crippen molar-refractivity contribution >= 4 is 12.4 Å². The van der Waals surface area contributed by atoms with Gasteiger partial charge in [0.25, 0.3) is 0 Å². The van der Waals surface area contributed by atoms with Gasteiger partial charge in [-0.1, -0.05) is 34.6 Å². The summed E-state index contributed by atoms with van der Waals surface area (Å²) >= 11 is 0. The van der Waals surface area contributed by atoms with Crippen LogP contribution in [0.15, 0.2) is 34.6 Å². The molecule has 1 aromatic rings. The second-order valence-electron chi connectivity index (χ2n) is 2.27. The van der Waals surface area contributed by atoms with E-state index in [0.29, 0.717) is 0 Å². The number of rotatable bonds is 3. The first-order valence-corrected chi connectivity index (χ1v) is 3.59. The lowest BCUT2D eigenvalue weighted by Crippen LogP contribution is -1.84. The molecule has 0 unspecified atom stereocenters. The predicted octanol–water partition coefficient (Wildman–Crippen LogP) is 1.64. The number of oxime groups is 2. The van der Waals surface area contributed by atoms with Crippen LogP contribution in [0.25, 0.3) is 0 Å². The fourth-order valence-corrected chi connectivity index (χ4v) is 0.833. The minimum absolute atomic E-state index is 0.815. The van der Waals surface area contributed by atoms with Crippen molar-refractivity contribution in [2.75, 3.05) is 0 Å². The van der Waals surface area contributed by atoms with Crippen molar-refractivity contribution in [1.82, 2.24) is 0 Å². The SMILES string of the molecule is [CH2]O/N=C/c1ccc(/C=N/O)cc1. The number of benzene rings is 1. The van der Waals surface area contributed by atoms with Gasteiger partial charge in [-0.25, -0.2) is 0 Å². The molecule has 13 heavy (non-hydrogen) atoms. The summed E-state index contributed by atoms with van der Waals surface area (Å²) in [5.74, 6) is 0. The van der Waals surface area contributed by atoms with Crippen molar-refractivity contribution in [2.45, 2.75) is 0 Å². The molecule has 1 N–H and O–H groups in total. The Morgan fingerprint density at radius 3 is 2.15 bits per heavy atom. The van der Waals surface area contributed by atoms with Crippen LogP contribution in [0, 0.1) is 7.11 Å². The summed E-state index contributed by atoms with van der Waals surface area (Å²) in [6.45, 7) is 0. The third kappa shape index (κ3) is 2.94. The van der Waals surface area contributed by atoms with Gasteiger partial charge < -0.3 is 10.0 Å². The fourth-order valence-electron chi connectivity index (χ4n) is 0.833. The third-order valence-electron chi connectivity index (χ3n) is 1.42. The molecule has 1 aromatic carbocycles. The zero-order valence-electron chi connectivity index (χ0n) is 6.92. The summed E-state index contributed by atoms with van der Waals surface area (Å²) < 4.78 is 0. The van der Waals surface area contributed by atoms with E-state index in [1.165, 1.54) is 12.4 Å². The molecule has 0 atom stereocenters. The van der Waals surface area contributed by atoms with Crippen LogP contribution in [-0.2, 0) is 4.84 Å². The van der Waals surface area contributed by atoms with Crippen LogP contribution in [0.4, 0.5) is 0 Å². The molecule has 0 spiro atoms. The summed E-state index contributed by atoms with van der Waals surface area (Å²) in [7, 11) is 3.10. The predicted molar refractivity (Wildman–Crippen MR) is 49.9 cm³/mol. The van der Waals surface area contributed by atoms with E-state index in [2.05, 4.69) is 22.3 Å². The van der Waals surface area contributed by atoms with Crippen LogP contribution in [0.3, 0.4) is 0 Å². The van der Waals surface area contributed by atoms with Crippen molar-refractivity contribution in [3.8, 4) is 0 Å². The van der Waals surface area contributed by atoms with E-state index in [-0.39, 0.29) is 0 Å². The van der Waals surface area contributed by atoms with E-state index in [9.17, 15) is 0 Å². The highest BCUT2D eigenvalue weighted by Gasteiger charge is 1.88. The first-order chi connectivity index (χ1) is 6.36. The van der Waals surface area contributed by atoms with E-state index in [1.54, 1.807) is 12.1 Å². The molecule has 4 heteroatoms. The molecule has 4 nitrogen and oxygen atoms in total. The van der Waals surface area contributed by atoms with Crippen LogP contribution in [-0.4, -0.2) is 17.6 Å². The lowest BCUT2D eigenvalue weighted by Gasteiger charge is -1.93. The largest absolute Gasteiger partial charge is 0.411 e. The second kappa shape index (κ2) is 4.92. The van der Waals surface area contributed by atoms with E-state index in [0.717, 1.165) is 11.1 Å². The van der Waals surface area contributed by atoms with Gasteiger partial charge in [-0.2, -0.15) is 0 Å². The molecular weight excluding hydrogens is 168 g/mol. The molecule has 0 heterocycles. The normalized spacial score (nSPS) is 11.2. The average molecular weight is 177 g/mol. The summed E-state index contributed by atoms with van der Waals surface area (Å²) in [6.07, 6.45) is 2.88. The van der Waals surface area contributed by atoms with Crippen molar-refractivity contribution < 1.29 is 10.0 Å². The maximum Gasteiger partial charge on any atom is 0.153 e. The van der Waals surface area contributed by atoms with Crippen molar-refractivity contribution in [2.24, 2.45) is 10.3 Å². The van der Waals surface area contributed by atoms with Gasteiger partial charge in [0.2, 0.25) is 0 Å². The monoisotopic (exact) mass is 177 g/mol. The highest BCUT2D eigenvalue weighted by atomic mass is 16.6. The smallest absolute Gasteiger partial charge is 0.153 e. The quantitative estimate of drug-likeness (QED) is 0.433. The van der Waals surface area contributed by atoms with Crippen LogP contribution >= 0.6 is 0 Å². The molecule has 0 saturated heterocycles. The third-order valence-corrected chi connectivity index (χ3v) is 1.42. The topological polar surface area (TPSA) is 54.2 Å². The molecule has 1 radical (unpaired) electrons. The maximum atomic E-state index is 8.25. The molecule has 67 valence electrons. The van der Waals surface area contributed by atoms with E-state index in [4.69, 9.17) is 5.21 Å². The van der Waals surface area contributed by atoms with Crippen LogP contribution in [0.1, 0.15) is 11.1 Å². The molecule has 0 saturated carbocycles. The Labute approximate surface area is 76.1 Å². The first-order valence-electron chi connectivity index (χ1n) is 3.59. The lowest BCUT2D eigenvalue weighted by atomic mass is 10.2. The summed E-state index contributed by atoms with van der Waals surface area (Å²) in [5, 5.41) is 14.6. The van der Waals surface area contributed by atoms with Gasteiger partial charge in [-0.15, -0.1) is 0 Å². The highest BCUT2D eigenvalue weighted by Crippen LogP contribution is 1.99. The average Bonchev–Trinajstić information content (AvgIpc) is 2.17. The lowest BCUT2D eigenvalue weighted by molar-refractivity contribution is 0.262. The van der Waals surface area contributed by atoms with Gasteiger partial charge >= 0.3 is 0 Å². The molecular formula is C9H9N2O2. The Kier molecular flexibility index (Phi) is 3.50. The Balaban J connectivity index is 2.75. The van der Waals surface area contributed by atoms with Crippen LogP contribution < -0.4 is 0 Å². The highest BCUT2D eigenvalue weighted by molar-refractivity contribution is 5.83. The zero-order chi connectivity index (χ0) is 9.52. The summed E-state index contributed by atoms with van der Waals surface area (Å²) in [5.41, 5.74) is 1.70. The summed E-state index contributed by atoms with van der Waals surface area (Å²) in [6, 6.07) is 7.23.